The number of halogens is 1. The summed E-state index contributed by atoms with van der Waals surface area (Å²) < 4.78 is 0.997. The van der Waals surface area contributed by atoms with Crippen LogP contribution >= 0.6 is 22.9 Å². The van der Waals surface area contributed by atoms with E-state index in [1.807, 2.05) is 38.1 Å². The van der Waals surface area contributed by atoms with Gasteiger partial charge in [0.25, 0.3) is 5.91 Å². The Morgan fingerprint density at radius 3 is 2.83 bits per heavy atom. The minimum absolute atomic E-state index is 0.290. The van der Waals surface area contributed by atoms with Crippen LogP contribution in [0.5, 0.6) is 0 Å². The van der Waals surface area contributed by atoms with Crippen molar-refractivity contribution in [3.05, 3.63) is 34.2 Å². The third-order valence-corrected chi connectivity index (χ3v) is 4.00. The summed E-state index contributed by atoms with van der Waals surface area (Å²) in [6.45, 7) is 4.51. The molecule has 96 valence electrons. The number of carbonyl (C=O) groups is 1. The zero-order chi connectivity index (χ0) is 13.1. The van der Waals surface area contributed by atoms with Crippen molar-refractivity contribution in [3.63, 3.8) is 0 Å². The Labute approximate surface area is 115 Å². The average Bonchev–Trinajstić information content (AvgIpc) is 2.67. The maximum Gasteiger partial charge on any atom is 0.286 e. The van der Waals surface area contributed by atoms with E-state index in [-0.39, 0.29) is 5.91 Å². The van der Waals surface area contributed by atoms with Crippen LogP contribution in [0.1, 0.15) is 23.5 Å². The molecule has 1 N–H and O–H groups in total. The molecule has 0 aliphatic heterocycles. The van der Waals surface area contributed by atoms with Crippen molar-refractivity contribution < 1.29 is 9.63 Å². The largest absolute Gasteiger partial charge is 0.286 e. The zero-order valence-electron chi connectivity index (χ0n) is 10.2. The smallest absolute Gasteiger partial charge is 0.273 e. The lowest BCUT2D eigenvalue weighted by molar-refractivity contribution is 0.0212. The standard InChI is InChI=1S/C13H14ClNO2S/c1-8(2)7-17-15-13(16)12-11(14)9-5-3-4-6-10(9)18-12/h3-6,8H,7H2,1-2H3,(H,15,16). The van der Waals surface area contributed by atoms with E-state index in [9.17, 15) is 4.79 Å². The number of fused-ring (bicyclic) bond motifs is 1. The van der Waals surface area contributed by atoms with E-state index in [1.165, 1.54) is 11.3 Å². The number of amides is 1. The van der Waals surface area contributed by atoms with Gasteiger partial charge >= 0.3 is 0 Å². The maximum atomic E-state index is 11.9. The fraction of sp³-hybridized carbons (Fsp3) is 0.308. The fourth-order valence-electron chi connectivity index (χ4n) is 1.48. The number of benzene rings is 1. The van der Waals surface area contributed by atoms with Crippen molar-refractivity contribution in [3.8, 4) is 0 Å². The second kappa shape index (κ2) is 5.69. The first-order valence-corrected chi connectivity index (χ1v) is 6.88. The van der Waals surface area contributed by atoms with Gasteiger partial charge in [0, 0.05) is 10.1 Å². The van der Waals surface area contributed by atoms with Crippen LogP contribution in [0.3, 0.4) is 0 Å². The topological polar surface area (TPSA) is 38.3 Å². The molecule has 0 saturated carbocycles. The van der Waals surface area contributed by atoms with Crippen LogP contribution in [-0.2, 0) is 4.84 Å². The molecule has 0 spiro atoms. The van der Waals surface area contributed by atoms with Crippen molar-refractivity contribution in [2.45, 2.75) is 13.8 Å². The third-order valence-electron chi connectivity index (χ3n) is 2.32. The Balaban J connectivity index is 2.15. The number of hydrogen-bond acceptors (Lipinski definition) is 3. The number of rotatable bonds is 4. The summed E-state index contributed by atoms with van der Waals surface area (Å²) in [7, 11) is 0. The van der Waals surface area contributed by atoms with Gasteiger partial charge in [-0.05, 0) is 12.0 Å². The maximum absolute atomic E-state index is 11.9. The quantitative estimate of drug-likeness (QED) is 0.865. The summed E-state index contributed by atoms with van der Waals surface area (Å²) in [5, 5.41) is 1.39. The van der Waals surface area contributed by atoms with Crippen molar-refractivity contribution in [2.75, 3.05) is 6.61 Å². The molecule has 0 fully saturated rings. The molecular formula is C13H14ClNO2S. The van der Waals surface area contributed by atoms with Crippen LogP contribution in [0.15, 0.2) is 24.3 Å². The third kappa shape index (κ3) is 2.83. The van der Waals surface area contributed by atoms with Gasteiger partial charge in [-0.2, -0.15) is 0 Å². The number of hydroxylamine groups is 1. The zero-order valence-corrected chi connectivity index (χ0v) is 11.8. The molecule has 0 bridgehead atoms. The molecule has 0 aliphatic carbocycles. The Morgan fingerprint density at radius 1 is 1.44 bits per heavy atom. The first-order chi connectivity index (χ1) is 8.59. The normalized spacial score (nSPS) is 11.1. The summed E-state index contributed by atoms with van der Waals surface area (Å²) in [6.07, 6.45) is 0. The van der Waals surface area contributed by atoms with Crippen LogP contribution in [0.4, 0.5) is 0 Å². The second-order valence-corrected chi connectivity index (χ2v) is 5.81. The van der Waals surface area contributed by atoms with Gasteiger partial charge in [0.1, 0.15) is 4.88 Å². The lowest BCUT2D eigenvalue weighted by Crippen LogP contribution is -2.25. The molecule has 1 amide bonds. The van der Waals surface area contributed by atoms with Gasteiger partial charge in [-0.1, -0.05) is 43.6 Å². The summed E-state index contributed by atoms with van der Waals surface area (Å²) in [5.41, 5.74) is 2.42. The second-order valence-electron chi connectivity index (χ2n) is 4.38. The van der Waals surface area contributed by atoms with Gasteiger partial charge < -0.3 is 0 Å². The molecule has 0 radical (unpaired) electrons. The van der Waals surface area contributed by atoms with Crippen molar-refractivity contribution in [1.82, 2.24) is 5.48 Å². The molecule has 5 heteroatoms. The number of thiophene rings is 1. The predicted molar refractivity (Wildman–Crippen MR) is 75.1 cm³/mol. The number of hydrogen-bond donors (Lipinski definition) is 1. The highest BCUT2D eigenvalue weighted by atomic mass is 35.5. The van der Waals surface area contributed by atoms with Crippen LogP contribution < -0.4 is 5.48 Å². The van der Waals surface area contributed by atoms with Crippen LogP contribution in [0.2, 0.25) is 5.02 Å². The number of nitrogens with one attached hydrogen (secondary N) is 1. The van der Waals surface area contributed by atoms with E-state index < -0.39 is 0 Å². The minimum Gasteiger partial charge on any atom is -0.273 e. The summed E-state index contributed by atoms with van der Waals surface area (Å²) in [5.74, 6) is 0.0741. The first-order valence-electron chi connectivity index (χ1n) is 5.68. The van der Waals surface area contributed by atoms with E-state index in [1.54, 1.807) is 0 Å². The highest BCUT2D eigenvalue weighted by Gasteiger charge is 2.16. The molecule has 0 saturated heterocycles. The molecule has 1 heterocycles. The monoisotopic (exact) mass is 283 g/mol. The molecule has 3 nitrogen and oxygen atoms in total. The minimum atomic E-state index is -0.290. The van der Waals surface area contributed by atoms with Crippen LogP contribution in [0.25, 0.3) is 10.1 Å². The number of carbonyl (C=O) groups excluding carboxylic acids is 1. The van der Waals surface area contributed by atoms with Crippen molar-refractivity contribution >= 4 is 38.9 Å². The van der Waals surface area contributed by atoms with Gasteiger partial charge in [-0.25, -0.2) is 5.48 Å². The molecule has 18 heavy (non-hydrogen) atoms. The Morgan fingerprint density at radius 2 is 2.17 bits per heavy atom. The van der Waals surface area contributed by atoms with Crippen molar-refractivity contribution in [2.24, 2.45) is 5.92 Å². The first kappa shape index (κ1) is 13.3. The van der Waals surface area contributed by atoms with Gasteiger partial charge in [0.2, 0.25) is 0 Å². The van der Waals surface area contributed by atoms with E-state index >= 15 is 0 Å². The Hall–Kier alpha value is -1.10. The van der Waals surface area contributed by atoms with Crippen molar-refractivity contribution in [1.29, 1.82) is 0 Å². The molecule has 0 unspecified atom stereocenters. The van der Waals surface area contributed by atoms with Gasteiger partial charge in [0.15, 0.2) is 0 Å². The Kier molecular flexibility index (Phi) is 4.22. The summed E-state index contributed by atoms with van der Waals surface area (Å²) >= 11 is 7.55. The van der Waals surface area contributed by atoms with Crippen LogP contribution in [-0.4, -0.2) is 12.5 Å². The average molecular weight is 284 g/mol. The van der Waals surface area contributed by atoms with E-state index in [2.05, 4.69) is 5.48 Å². The highest BCUT2D eigenvalue weighted by molar-refractivity contribution is 7.21. The molecule has 2 rings (SSSR count). The molecule has 0 aliphatic rings. The Bertz CT molecular complexity index is 565. The summed E-state index contributed by atoms with van der Waals surface area (Å²) in [4.78, 5) is 17.5. The van der Waals surface area contributed by atoms with Gasteiger partial charge in [0.05, 0.1) is 11.6 Å². The van der Waals surface area contributed by atoms with E-state index in [4.69, 9.17) is 16.4 Å². The fourth-order valence-corrected chi connectivity index (χ4v) is 2.88. The molecule has 0 atom stereocenters. The lowest BCUT2D eigenvalue weighted by atomic mass is 10.2. The highest BCUT2D eigenvalue weighted by Crippen LogP contribution is 2.34. The lowest BCUT2D eigenvalue weighted by Gasteiger charge is -2.06. The molecule has 2 aromatic rings. The SMILES string of the molecule is CC(C)CONC(=O)c1sc2ccccc2c1Cl. The van der Waals surface area contributed by atoms with E-state index in [0.29, 0.717) is 22.4 Å². The van der Waals surface area contributed by atoms with Gasteiger partial charge in [-0.3, -0.25) is 9.63 Å². The van der Waals surface area contributed by atoms with Gasteiger partial charge in [-0.15, -0.1) is 11.3 Å². The van der Waals surface area contributed by atoms with Crippen LogP contribution in [0, 0.1) is 5.92 Å². The summed E-state index contributed by atoms with van der Waals surface area (Å²) in [6, 6.07) is 7.67. The molecule has 1 aromatic heterocycles. The molecule has 1 aromatic carbocycles. The molecular weight excluding hydrogens is 270 g/mol. The predicted octanol–water partition coefficient (Wildman–Crippen LogP) is 3.87. The van der Waals surface area contributed by atoms with E-state index in [0.717, 1.165) is 10.1 Å².